The molecule has 6 rings (SSSR count). The monoisotopic (exact) mass is 1280 g/mol. The van der Waals surface area contributed by atoms with Crippen LogP contribution in [0.3, 0.4) is 0 Å². The van der Waals surface area contributed by atoms with Gasteiger partial charge in [-0.25, -0.2) is 15.8 Å². The Balaban J connectivity index is 1.32. The highest BCUT2D eigenvalue weighted by atomic mass is 32.2. The van der Waals surface area contributed by atoms with Gasteiger partial charge in [-0.15, -0.1) is 13.0 Å². The first-order valence-electron chi connectivity index (χ1n) is 25.0. The van der Waals surface area contributed by atoms with Crippen LogP contribution >= 0.6 is 36.1 Å². The smallest absolute Gasteiger partial charge is 0.296 e. The Morgan fingerprint density at radius 3 is 1.44 bits per heavy atom. The van der Waals surface area contributed by atoms with Gasteiger partial charge in [-0.3, -0.25) is 13.7 Å². The minimum atomic E-state index is -4.96. The second kappa shape index (κ2) is 31.3. The third-order valence-corrected chi connectivity index (χ3v) is 16.1. The van der Waals surface area contributed by atoms with Crippen molar-refractivity contribution in [1.82, 2.24) is 29.9 Å². The average Bonchev–Trinajstić information content (AvgIpc) is 2.32. The number of benzene rings is 4. The van der Waals surface area contributed by atoms with Gasteiger partial charge in [0.2, 0.25) is 35.7 Å². The molecule has 2 atom stereocenters. The summed E-state index contributed by atoms with van der Waals surface area (Å²) in [5.74, 6) is 0.430. The standard InChI is InChI=1S/C48H60N12O18S6/c1-27(2)9-7-11-29(5)49-43-56-46(59-47(57-43)53-37-26-36(82(64,65)66)20-21-39(37)80-77-74-62)52-34-18-16-32(42(24-34)84(70,71)72)14-13-31-15-17-33(23-40(31)81-78-75-63)51-45-55-44(50-30(6)12-8-10-28(3)4)58-48(60-45)54-38-25-35(79-76-73-61)19-22-41(38)83(67,68)69/h13-30,61-63H,7-12H2,1-6H3,(H,64,65,66)(H,67,68,69)(H,70,71,72)(H3,49,52,53,56,57,59)(H3,50,51,54,55,58,60)/b14-13+. The Hall–Kier alpha value is -6.14. The molecule has 0 bridgehead atoms. The van der Waals surface area contributed by atoms with E-state index in [9.17, 15) is 38.9 Å². The number of aromatic nitrogens is 6. The van der Waals surface area contributed by atoms with E-state index in [0.717, 1.165) is 62.8 Å². The van der Waals surface area contributed by atoms with Crippen molar-refractivity contribution in [1.29, 1.82) is 0 Å². The lowest BCUT2D eigenvalue weighted by molar-refractivity contribution is -0.432. The van der Waals surface area contributed by atoms with E-state index in [2.05, 4.69) is 113 Å². The van der Waals surface area contributed by atoms with Gasteiger partial charge in [0.15, 0.2) is 0 Å². The van der Waals surface area contributed by atoms with E-state index < -0.39 is 45.0 Å². The van der Waals surface area contributed by atoms with Crippen LogP contribution in [0.2, 0.25) is 0 Å². The first-order chi connectivity index (χ1) is 39.8. The largest absolute Gasteiger partial charge is 0.352 e. The molecule has 36 heteroatoms. The maximum Gasteiger partial charge on any atom is 0.296 e. The molecule has 0 aliphatic carbocycles. The maximum atomic E-state index is 13.0. The molecule has 84 heavy (non-hydrogen) atoms. The molecule has 6 aromatic rings. The van der Waals surface area contributed by atoms with Crippen molar-refractivity contribution >= 4 is 137 Å². The van der Waals surface area contributed by atoms with Gasteiger partial charge in [-0.1, -0.05) is 92.8 Å². The van der Waals surface area contributed by atoms with Crippen LogP contribution in [-0.4, -0.2) is 96.7 Å². The summed E-state index contributed by atoms with van der Waals surface area (Å²) in [7, 11) is -14.5. The summed E-state index contributed by atoms with van der Waals surface area (Å²) in [5.41, 5.74) is 0.508. The van der Waals surface area contributed by atoms with E-state index in [4.69, 9.17) is 20.1 Å². The Kier molecular flexibility index (Phi) is 25.0. The third kappa shape index (κ3) is 21.4. The van der Waals surface area contributed by atoms with Crippen LogP contribution in [0.15, 0.2) is 102 Å². The SMILES string of the molecule is CC(C)CCCC(C)Nc1nc(Nc2ccc(/C=C/c3ccc(Nc4nc(Nc5cc(SOOO)ccc5S(=O)(=O)O)nc(NC(C)CCCC(C)C)n4)cc3SOOO)c(S(=O)(=O)O)c2)nc(Nc2cc(S(=O)(=O)O)ccc2SOOO)n1. The summed E-state index contributed by atoms with van der Waals surface area (Å²) in [6.45, 7) is 12.3. The second-order valence-electron chi connectivity index (χ2n) is 19.1. The minimum Gasteiger partial charge on any atom is -0.352 e. The summed E-state index contributed by atoms with van der Waals surface area (Å²) >= 11 is 1.55. The Labute approximate surface area is 496 Å². The summed E-state index contributed by atoms with van der Waals surface area (Å²) in [6, 6.07) is 15.3. The highest BCUT2D eigenvalue weighted by molar-refractivity contribution is 7.95. The summed E-state index contributed by atoms with van der Waals surface area (Å²) in [4.78, 5) is 25.7. The number of rotatable bonds is 34. The van der Waals surface area contributed by atoms with Gasteiger partial charge in [0.25, 0.3) is 30.4 Å². The molecule has 0 amide bonds. The lowest BCUT2D eigenvalue weighted by Gasteiger charge is -2.17. The van der Waals surface area contributed by atoms with Gasteiger partial charge in [-0.05, 0) is 110 Å². The van der Waals surface area contributed by atoms with E-state index in [1.54, 1.807) is 12.1 Å². The topological polar surface area (TPSA) is 429 Å². The van der Waals surface area contributed by atoms with E-state index in [1.165, 1.54) is 48.6 Å². The Bertz CT molecular complexity index is 3580. The van der Waals surface area contributed by atoms with Crippen LogP contribution in [0.25, 0.3) is 12.2 Å². The van der Waals surface area contributed by atoms with Gasteiger partial charge < -0.3 is 31.9 Å². The van der Waals surface area contributed by atoms with Crippen molar-refractivity contribution in [3.8, 4) is 0 Å². The number of nitrogens with one attached hydrogen (secondary N) is 6. The van der Waals surface area contributed by atoms with Crippen LogP contribution in [0.1, 0.15) is 91.2 Å². The number of hydrogen-bond donors (Lipinski definition) is 12. The zero-order valence-electron chi connectivity index (χ0n) is 45.3. The summed E-state index contributed by atoms with van der Waals surface area (Å²) in [6.07, 6.45) is 8.01. The van der Waals surface area contributed by atoms with Crippen molar-refractivity contribution in [2.45, 2.75) is 122 Å². The molecule has 0 aliphatic rings. The predicted octanol–water partition coefficient (Wildman–Crippen LogP) is 11.5. The van der Waals surface area contributed by atoms with Crippen molar-refractivity contribution in [2.75, 3.05) is 31.9 Å². The van der Waals surface area contributed by atoms with E-state index in [1.807, 2.05) is 13.8 Å². The fourth-order valence-corrected chi connectivity index (χ4v) is 10.9. The highest BCUT2D eigenvalue weighted by Crippen LogP contribution is 2.36. The van der Waals surface area contributed by atoms with Crippen molar-refractivity contribution in [3.05, 3.63) is 83.9 Å². The minimum absolute atomic E-state index is 0.00634. The Morgan fingerprint density at radius 1 is 0.464 bits per heavy atom. The summed E-state index contributed by atoms with van der Waals surface area (Å²) < 4.78 is 119. The average molecular weight is 1290 g/mol. The molecular weight excluding hydrogens is 1220 g/mol. The molecule has 30 nitrogen and oxygen atoms in total. The van der Waals surface area contributed by atoms with Gasteiger partial charge in [-0.2, -0.15) is 55.2 Å². The molecule has 0 fully saturated rings. The van der Waals surface area contributed by atoms with E-state index in [-0.39, 0.29) is 85.1 Å². The maximum absolute atomic E-state index is 13.0. The zero-order valence-corrected chi connectivity index (χ0v) is 50.2. The van der Waals surface area contributed by atoms with Crippen molar-refractivity contribution in [3.63, 3.8) is 0 Å². The molecule has 456 valence electrons. The van der Waals surface area contributed by atoms with Crippen LogP contribution in [-0.2, 0) is 58.5 Å². The molecule has 0 aliphatic heterocycles. The first kappa shape index (κ1) is 67.0. The molecule has 4 aromatic carbocycles. The fraction of sp³-hybridized carbons (Fsp3) is 0.333. The van der Waals surface area contributed by atoms with Crippen molar-refractivity contribution < 1.29 is 82.8 Å². The normalized spacial score (nSPS) is 12.9. The molecule has 0 spiro atoms. The van der Waals surface area contributed by atoms with Crippen LogP contribution in [0, 0.1) is 11.8 Å². The number of hydrogen-bond acceptors (Lipinski definition) is 30. The molecule has 0 saturated carbocycles. The fourth-order valence-electron chi connectivity index (χ4n) is 7.71. The quantitative estimate of drug-likeness (QED) is 0.00587. The number of nitrogens with zero attached hydrogens (tertiary/aromatic N) is 6. The van der Waals surface area contributed by atoms with Gasteiger partial charge in [0.05, 0.1) is 57.3 Å². The second-order valence-corrected chi connectivity index (χ2v) is 25.6. The van der Waals surface area contributed by atoms with Gasteiger partial charge in [0, 0.05) is 33.2 Å². The molecule has 12 N–H and O–H groups in total. The lowest BCUT2D eigenvalue weighted by Crippen LogP contribution is -2.18. The molecule has 2 aromatic heterocycles. The Morgan fingerprint density at radius 2 is 0.929 bits per heavy atom. The molecule has 2 heterocycles. The summed E-state index contributed by atoms with van der Waals surface area (Å²) in [5, 5.41) is 55.9. The van der Waals surface area contributed by atoms with E-state index in [0.29, 0.717) is 59.2 Å². The first-order valence-corrected chi connectivity index (χ1v) is 31.6. The highest BCUT2D eigenvalue weighted by Gasteiger charge is 2.22. The van der Waals surface area contributed by atoms with E-state index >= 15 is 0 Å². The van der Waals surface area contributed by atoms with Crippen molar-refractivity contribution in [2.24, 2.45) is 11.8 Å². The van der Waals surface area contributed by atoms with Crippen LogP contribution in [0.4, 0.5) is 58.4 Å². The predicted molar refractivity (Wildman–Crippen MR) is 312 cm³/mol. The molecule has 0 radical (unpaired) electrons. The van der Waals surface area contributed by atoms with Gasteiger partial charge >= 0.3 is 0 Å². The lowest BCUT2D eigenvalue weighted by atomic mass is 10.0. The molecule has 0 saturated heterocycles. The van der Waals surface area contributed by atoms with Crippen LogP contribution < -0.4 is 31.9 Å². The molecular formula is C48H60N12O18S6. The van der Waals surface area contributed by atoms with Gasteiger partial charge in [0.1, 0.15) is 9.79 Å². The number of anilines is 10. The molecule has 2 unspecified atom stereocenters. The zero-order chi connectivity index (χ0) is 61.2. The third-order valence-electron chi connectivity index (χ3n) is 11.6. The van der Waals surface area contributed by atoms with Crippen LogP contribution in [0.5, 0.6) is 0 Å².